The Morgan fingerprint density at radius 3 is 2.53 bits per heavy atom. The maximum Gasteiger partial charge on any atom is 0.290 e. The molecule has 19 heavy (non-hydrogen) atoms. The van der Waals surface area contributed by atoms with E-state index in [1.54, 1.807) is 12.1 Å². The molecule has 0 aliphatic rings. The largest absolute Gasteiger partial charge is 0.321 e. The molecule has 98 valence electrons. The smallest absolute Gasteiger partial charge is 0.290 e. The summed E-state index contributed by atoms with van der Waals surface area (Å²) in [5.74, 6) is -2.82. The molecule has 0 radical (unpaired) electrons. The van der Waals surface area contributed by atoms with E-state index in [4.69, 9.17) is 0 Å². The highest BCUT2D eigenvalue weighted by Gasteiger charge is 2.08. The van der Waals surface area contributed by atoms with Crippen LogP contribution in [0, 0.1) is 0 Å². The van der Waals surface area contributed by atoms with Crippen LogP contribution in [0.2, 0.25) is 0 Å². The lowest BCUT2D eigenvalue weighted by Gasteiger charge is -2.05. The van der Waals surface area contributed by atoms with Crippen molar-refractivity contribution in [2.75, 3.05) is 5.32 Å². The number of amides is 1. The molecule has 0 aliphatic carbocycles. The molecule has 0 aliphatic heterocycles. The molecule has 2 heterocycles. The molecule has 1 N–H and O–H groups in total. The van der Waals surface area contributed by atoms with Crippen LogP contribution in [0.4, 0.5) is 14.5 Å². The predicted molar refractivity (Wildman–Crippen MR) is 68.3 cm³/mol. The number of pyridine rings is 2. The summed E-state index contributed by atoms with van der Waals surface area (Å²) in [5.41, 5.74) is 0.904. The minimum atomic E-state index is -2.51. The zero-order valence-corrected chi connectivity index (χ0v) is 10.4. The Kier molecular flexibility index (Phi) is 4.40. The van der Waals surface area contributed by atoms with Gasteiger partial charge in [0.05, 0.1) is 11.9 Å². The minimum absolute atomic E-state index is 0.205. The minimum Gasteiger partial charge on any atom is -0.321 e. The highest BCUT2D eigenvalue weighted by Crippen LogP contribution is 2.23. The van der Waals surface area contributed by atoms with Gasteiger partial charge >= 0.3 is 0 Å². The van der Waals surface area contributed by atoms with Gasteiger partial charge in [-0.3, -0.25) is 9.78 Å². The third-order valence-electron chi connectivity index (χ3n) is 2.15. The van der Waals surface area contributed by atoms with E-state index < -0.39 is 5.76 Å². The summed E-state index contributed by atoms with van der Waals surface area (Å²) in [7, 11) is 0. The summed E-state index contributed by atoms with van der Waals surface area (Å²) in [4.78, 5) is 19.4. The first-order chi connectivity index (χ1) is 9.15. The molecule has 0 saturated heterocycles. The van der Waals surface area contributed by atoms with Crippen LogP contribution in [0.15, 0.2) is 47.9 Å². The molecule has 0 bridgehead atoms. The molecule has 0 spiro atoms. The Bertz CT molecular complexity index is 549. The van der Waals surface area contributed by atoms with Crippen LogP contribution in [0.1, 0.15) is 10.4 Å². The molecule has 2 aromatic rings. The fourth-order valence-electron chi connectivity index (χ4n) is 1.32. The first kappa shape index (κ1) is 13.4. The number of carbonyl (C=O) groups excluding carboxylic acids is 1. The normalized spacial score (nSPS) is 10.5. The Balaban J connectivity index is 2.02. The molecule has 0 atom stereocenters. The van der Waals surface area contributed by atoms with Crippen LogP contribution in [0.3, 0.4) is 0 Å². The van der Waals surface area contributed by atoms with Gasteiger partial charge in [-0.15, -0.1) is 0 Å². The summed E-state index contributed by atoms with van der Waals surface area (Å²) in [5, 5.41) is 2.82. The average Bonchev–Trinajstić information content (AvgIpc) is 2.41. The van der Waals surface area contributed by atoms with Crippen molar-refractivity contribution in [3.63, 3.8) is 0 Å². The van der Waals surface area contributed by atoms with Gasteiger partial charge in [-0.25, -0.2) is 4.98 Å². The van der Waals surface area contributed by atoms with Crippen LogP contribution in [-0.2, 0) is 0 Å². The van der Waals surface area contributed by atoms with Gasteiger partial charge < -0.3 is 5.32 Å². The SMILES string of the molecule is O=C(Nc1ccc(SC(F)F)nc1)c1ccncc1. The molecule has 7 heteroatoms. The van der Waals surface area contributed by atoms with Crippen molar-refractivity contribution in [3.8, 4) is 0 Å². The van der Waals surface area contributed by atoms with E-state index in [9.17, 15) is 13.6 Å². The van der Waals surface area contributed by atoms with Gasteiger partial charge in [-0.2, -0.15) is 8.78 Å². The van der Waals surface area contributed by atoms with Crippen LogP contribution in [0.25, 0.3) is 0 Å². The maximum absolute atomic E-state index is 12.1. The molecule has 4 nitrogen and oxygen atoms in total. The number of nitrogens with zero attached hydrogens (tertiary/aromatic N) is 2. The quantitative estimate of drug-likeness (QED) is 0.875. The Morgan fingerprint density at radius 1 is 1.21 bits per heavy atom. The first-order valence-corrected chi connectivity index (χ1v) is 6.15. The van der Waals surface area contributed by atoms with Gasteiger partial charge in [0.2, 0.25) is 0 Å². The molecular formula is C12H9F2N3OS. The standard InChI is InChI=1S/C12H9F2N3OS/c13-12(14)19-10-2-1-9(7-16-10)17-11(18)8-3-5-15-6-4-8/h1-7,12H,(H,17,18). The lowest BCUT2D eigenvalue weighted by Crippen LogP contribution is -2.11. The highest BCUT2D eigenvalue weighted by atomic mass is 32.2. The number of thioether (sulfide) groups is 1. The van der Waals surface area contributed by atoms with Gasteiger partial charge in [0.1, 0.15) is 5.03 Å². The van der Waals surface area contributed by atoms with Crippen LogP contribution < -0.4 is 5.32 Å². The topological polar surface area (TPSA) is 54.9 Å². The second-order valence-corrected chi connectivity index (χ2v) is 4.46. The Hall–Kier alpha value is -2.02. The molecule has 2 rings (SSSR count). The molecule has 2 aromatic heterocycles. The fraction of sp³-hybridized carbons (Fsp3) is 0.0833. The monoisotopic (exact) mass is 281 g/mol. The van der Waals surface area contributed by atoms with Crippen LogP contribution >= 0.6 is 11.8 Å². The molecule has 0 saturated carbocycles. The van der Waals surface area contributed by atoms with E-state index in [0.717, 1.165) is 0 Å². The summed E-state index contributed by atoms with van der Waals surface area (Å²) >= 11 is 0.357. The van der Waals surface area contributed by atoms with E-state index in [1.165, 1.54) is 30.7 Å². The third-order valence-corrected chi connectivity index (χ3v) is 2.81. The molecule has 0 fully saturated rings. The number of alkyl halides is 2. The third kappa shape index (κ3) is 3.99. The second kappa shape index (κ2) is 6.24. The summed E-state index contributed by atoms with van der Waals surface area (Å²) in [6, 6.07) is 6.10. The number of hydrogen-bond acceptors (Lipinski definition) is 4. The van der Waals surface area contributed by atoms with E-state index in [1.807, 2.05) is 0 Å². The Labute approximate surface area is 112 Å². The van der Waals surface area contributed by atoms with E-state index in [-0.39, 0.29) is 10.9 Å². The van der Waals surface area contributed by atoms with Crippen molar-refractivity contribution in [2.24, 2.45) is 0 Å². The Morgan fingerprint density at radius 2 is 1.95 bits per heavy atom. The van der Waals surface area contributed by atoms with E-state index >= 15 is 0 Å². The lowest BCUT2D eigenvalue weighted by molar-refractivity contribution is 0.102. The highest BCUT2D eigenvalue weighted by molar-refractivity contribution is 7.99. The summed E-state index contributed by atoms with van der Waals surface area (Å²) in [6.07, 6.45) is 4.36. The van der Waals surface area contributed by atoms with Crippen LogP contribution in [0.5, 0.6) is 0 Å². The van der Waals surface area contributed by atoms with Gasteiger partial charge in [0.25, 0.3) is 11.7 Å². The summed E-state index contributed by atoms with van der Waals surface area (Å²) < 4.78 is 24.2. The number of rotatable bonds is 4. The number of hydrogen-bond donors (Lipinski definition) is 1. The fourth-order valence-corrected chi connectivity index (χ4v) is 1.76. The van der Waals surface area contributed by atoms with E-state index in [0.29, 0.717) is 23.0 Å². The lowest BCUT2D eigenvalue weighted by atomic mass is 10.2. The molecule has 0 aromatic carbocycles. The van der Waals surface area contributed by atoms with Crippen molar-refractivity contribution in [1.82, 2.24) is 9.97 Å². The number of nitrogens with one attached hydrogen (secondary N) is 1. The van der Waals surface area contributed by atoms with Gasteiger partial charge in [-0.1, -0.05) is 0 Å². The number of aromatic nitrogens is 2. The first-order valence-electron chi connectivity index (χ1n) is 5.27. The molecule has 0 unspecified atom stereocenters. The van der Waals surface area contributed by atoms with Crippen molar-refractivity contribution in [3.05, 3.63) is 48.4 Å². The van der Waals surface area contributed by atoms with Crippen molar-refractivity contribution in [1.29, 1.82) is 0 Å². The van der Waals surface area contributed by atoms with Gasteiger partial charge in [0, 0.05) is 18.0 Å². The number of carbonyl (C=O) groups is 1. The summed E-state index contributed by atoms with van der Waals surface area (Å²) in [6.45, 7) is 0. The zero-order valence-electron chi connectivity index (χ0n) is 9.59. The average molecular weight is 281 g/mol. The van der Waals surface area contributed by atoms with E-state index in [2.05, 4.69) is 15.3 Å². The maximum atomic E-state index is 12.1. The zero-order chi connectivity index (χ0) is 13.7. The predicted octanol–water partition coefficient (Wildman–Crippen LogP) is 3.04. The molecule has 1 amide bonds. The van der Waals surface area contributed by atoms with Crippen molar-refractivity contribution in [2.45, 2.75) is 10.8 Å². The van der Waals surface area contributed by atoms with Gasteiger partial charge in [0.15, 0.2) is 0 Å². The second-order valence-electron chi connectivity index (χ2n) is 3.45. The van der Waals surface area contributed by atoms with Gasteiger partial charge in [-0.05, 0) is 36.0 Å². The number of anilines is 1. The number of halogens is 2. The van der Waals surface area contributed by atoms with Crippen molar-refractivity contribution < 1.29 is 13.6 Å². The molecular weight excluding hydrogens is 272 g/mol. The van der Waals surface area contributed by atoms with Crippen LogP contribution in [-0.4, -0.2) is 21.6 Å². The van der Waals surface area contributed by atoms with Crippen molar-refractivity contribution >= 4 is 23.4 Å².